The molecule has 0 radical (unpaired) electrons. The molecule has 1 amide bonds. The molecule has 6 nitrogen and oxygen atoms in total. The van der Waals surface area contributed by atoms with Gasteiger partial charge in [-0.05, 0) is 55.5 Å². The molecule has 1 heterocycles. The van der Waals surface area contributed by atoms with Crippen LogP contribution in [0.1, 0.15) is 34.2 Å². The Kier molecular flexibility index (Phi) is 9.15. The molecule has 186 valence electrons. The number of aromatic hydroxyl groups is 1. The summed E-state index contributed by atoms with van der Waals surface area (Å²) >= 11 is 0. The van der Waals surface area contributed by atoms with E-state index in [1.54, 1.807) is 0 Å². The van der Waals surface area contributed by atoms with Gasteiger partial charge in [0.05, 0.1) is 6.54 Å². The molecule has 3 aromatic rings. The van der Waals surface area contributed by atoms with Crippen molar-refractivity contribution in [1.82, 2.24) is 4.90 Å². The van der Waals surface area contributed by atoms with Gasteiger partial charge < -0.3 is 24.6 Å². The highest BCUT2D eigenvalue weighted by Crippen LogP contribution is 2.27. The van der Waals surface area contributed by atoms with Gasteiger partial charge in [0.1, 0.15) is 30.3 Å². The first-order chi connectivity index (χ1) is 16.8. The lowest BCUT2D eigenvalue weighted by atomic mass is 10.0. The van der Waals surface area contributed by atoms with E-state index in [1.807, 2.05) is 94.4 Å². The van der Waals surface area contributed by atoms with E-state index in [-0.39, 0.29) is 19.3 Å². The number of rotatable bonds is 4. The van der Waals surface area contributed by atoms with Gasteiger partial charge in [0.25, 0.3) is 0 Å². The Bertz CT molecular complexity index is 1070. The molecule has 1 aliphatic rings. The number of hydrogen-bond acceptors (Lipinski definition) is 5. The average molecular weight is 478 g/mol. The summed E-state index contributed by atoms with van der Waals surface area (Å²) in [5.74, 6) is 1.23. The van der Waals surface area contributed by atoms with Crippen LogP contribution in [0, 0.1) is 27.7 Å². The molecule has 0 bridgehead atoms. The number of benzene rings is 3. The quantitative estimate of drug-likeness (QED) is 0.521. The molecule has 0 saturated carbocycles. The number of nitrogens with zero attached hydrogens (tertiary/aromatic N) is 1. The summed E-state index contributed by atoms with van der Waals surface area (Å²) in [7, 11) is 0. The van der Waals surface area contributed by atoms with Gasteiger partial charge in [-0.15, -0.1) is 0 Å². The van der Waals surface area contributed by atoms with Crippen molar-refractivity contribution in [3.63, 3.8) is 0 Å². The lowest BCUT2D eigenvalue weighted by Crippen LogP contribution is -2.51. The predicted octanol–water partition coefficient (Wildman–Crippen LogP) is 5.46. The van der Waals surface area contributed by atoms with Crippen LogP contribution in [0.2, 0.25) is 0 Å². The van der Waals surface area contributed by atoms with E-state index in [1.165, 1.54) is 4.90 Å². The summed E-state index contributed by atoms with van der Waals surface area (Å²) in [6, 6.07) is 21.2. The summed E-state index contributed by atoms with van der Waals surface area (Å²) in [5.41, 5.74) is 4.91. The maximum Gasteiger partial charge on any atom is 0.410 e. The van der Waals surface area contributed by atoms with Crippen LogP contribution in [0.15, 0.2) is 66.7 Å². The number of piperidine rings is 1. The number of carbonyl (C=O) groups is 1. The number of phenols is 1. The van der Waals surface area contributed by atoms with Gasteiger partial charge in [-0.25, -0.2) is 4.79 Å². The molecule has 2 atom stereocenters. The number of aliphatic hydroxyl groups is 1. The third-order valence-electron chi connectivity index (χ3n) is 6.10. The summed E-state index contributed by atoms with van der Waals surface area (Å²) in [4.78, 5) is 13.8. The molecule has 4 rings (SSSR count). The maximum atomic E-state index is 12.2. The van der Waals surface area contributed by atoms with Crippen molar-refractivity contribution < 1.29 is 24.5 Å². The second-order valence-corrected chi connectivity index (χ2v) is 8.96. The van der Waals surface area contributed by atoms with E-state index in [0.717, 1.165) is 33.6 Å². The number of amides is 1. The fraction of sp³-hybridized carbons (Fsp3) is 0.345. The van der Waals surface area contributed by atoms with Crippen molar-refractivity contribution in [3.05, 3.63) is 94.5 Å². The molecule has 1 fully saturated rings. The average Bonchev–Trinajstić information content (AvgIpc) is 2.85. The Labute approximate surface area is 207 Å². The number of phenolic OH excluding ortho intramolecular Hbond substituents is 1. The summed E-state index contributed by atoms with van der Waals surface area (Å²) < 4.78 is 11.4. The SMILES string of the molecule is Cc1cccc(C)c1O.Cc1cccc(C)c1O[C@@H]1CCN(C(=O)OCc2ccccc2)C[C@H]1O. The van der Waals surface area contributed by atoms with Crippen molar-refractivity contribution in [2.24, 2.45) is 0 Å². The number of aliphatic hydroxyl groups excluding tert-OH is 1. The zero-order valence-corrected chi connectivity index (χ0v) is 20.9. The van der Waals surface area contributed by atoms with E-state index in [9.17, 15) is 15.0 Å². The van der Waals surface area contributed by atoms with Gasteiger partial charge in [0, 0.05) is 13.0 Å². The fourth-order valence-corrected chi connectivity index (χ4v) is 3.97. The molecular weight excluding hydrogens is 442 g/mol. The molecule has 0 aliphatic carbocycles. The van der Waals surface area contributed by atoms with Crippen molar-refractivity contribution >= 4 is 6.09 Å². The van der Waals surface area contributed by atoms with Crippen molar-refractivity contribution in [2.75, 3.05) is 13.1 Å². The molecule has 0 aromatic heterocycles. The first-order valence-electron chi connectivity index (χ1n) is 11.9. The molecule has 35 heavy (non-hydrogen) atoms. The van der Waals surface area contributed by atoms with E-state index >= 15 is 0 Å². The van der Waals surface area contributed by atoms with Crippen molar-refractivity contribution in [3.8, 4) is 11.5 Å². The first-order valence-corrected chi connectivity index (χ1v) is 11.9. The van der Waals surface area contributed by atoms with Gasteiger partial charge >= 0.3 is 6.09 Å². The van der Waals surface area contributed by atoms with E-state index in [4.69, 9.17) is 9.47 Å². The summed E-state index contributed by atoms with van der Waals surface area (Å²) in [5, 5.41) is 19.6. The lowest BCUT2D eigenvalue weighted by Gasteiger charge is -2.35. The molecule has 1 aliphatic heterocycles. The third-order valence-corrected chi connectivity index (χ3v) is 6.10. The number of hydrogen-bond donors (Lipinski definition) is 2. The summed E-state index contributed by atoms with van der Waals surface area (Å²) in [6.45, 7) is 8.71. The van der Waals surface area contributed by atoms with Gasteiger partial charge in [-0.3, -0.25) is 0 Å². The van der Waals surface area contributed by atoms with Gasteiger partial charge in [0.15, 0.2) is 0 Å². The van der Waals surface area contributed by atoms with Crippen LogP contribution in [-0.4, -0.2) is 46.5 Å². The standard InChI is InChI=1S/C21H25NO4.C8H10O/c1-15-7-6-8-16(2)20(15)26-19-11-12-22(13-18(19)23)21(24)25-14-17-9-4-3-5-10-17;1-6-4-3-5-7(2)8(6)9/h3-10,18-19,23H,11-14H2,1-2H3;3-5,9H,1-2H3/t18-,19-;/m1./s1. The first kappa shape index (κ1) is 26.1. The number of para-hydroxylation sites is 2. The molecule has 0 spiro atoms. The van der Waals surface area contributed by atoms with Crippen LogP contribution in [-0.2, 0) is 11.3 Å². The predicted molar refractivity (Wildman–Crippen MR) is 137 cm³/mol. The van der Waals surface area contributed by atoms with Gasteiger partial charge in [-0.2, -0.15) is 0 Å². The fourth-order valence-electron chi connectivity index (χ4n) is 3.97. The minimum atomic E-state index is -0.743. The molecule has 1 saturated heterocycles. The summed E-state index contributed by atoms with van der Waals surface area (Å²) in [6.07, 6.45) is -0.909. The van der Waals surface area contributed by atoms with Crippen LogP contribution in [0.4, 0.5) is 4.79 Å². The van der Waals surface area contributed by atoms with Crippen LogP contribution >= 0.6 is 0 Å². The topological polar surface area (TPSA) is 79.2 Å². The smallest absolute Gasteiger partial charge is 0.410 e. The van der Waals surface area contributed by atoms with E-state index < -0.39 is 12.2 Å². The molecule has 0 unspecified atom stereocenters. The Morgan fingerprint density at radius 3 is 2.00 bits per heavy atom. The maximum absolute atomic E-state index is 12.2. The van der Waals surface area contributed by atoms with E-state index in [2.05, 4.69) is 0 Å². The normalized spacial score (nSPS) is 17.2. The Hall–Kier alpha value is -3.51. The largest absolute Gasteiger partial charge is 0.507 e. The molecule has 3 aromatic carbocycles. The number of carbonyl (C=O) groups excluding carboxylic acids is 1. The zero-order valence-electron chi connectivity index (χ0n) is 20.9. The Morgan fingerprint density at radius 2 is 1.46 bits per heavy atom. The van der Waals surface area contributed by atoms with Crippen LogP contribution in [0.5, 0.6) is 11.5 Å². The second kappa shape index (κ2) is 12.3. The highest BCUT2D eigenvalue weighted by molar-refractivity contribution is 5.67. The number of ether oxygens (including phenoxy) is 2. The van der Waals surface area contributed by atoms with Crippen LogP contribution in [0.3, 0.4) is 0 Å². The van der Waals surface area contributed by atoms with Gasteiger partial charge in [0.2, 0.25) is 0 Å². The lowest BCUT2D eigenvalue weighted by molar-refractivity contribution is -0.0257. The molecule has 2 N–H and O–H groups in total. The van der Waals surface area contributed by atoms with E-state index in [0.29, 0.717) is 18.7 Å². The number of aryl methyl sites for hydroxylation is 4. The molecular formula is C29H35NO5. The highest BCUT2D eigenvalue weighted by atomic mass is 16.6. The third kappa shape index (κ3) is 7.23. The Balaban J connectivity index is 0.000000320. The number of β-amino-alcohol motifs (C(OH)–C–C–N with tert-alkyl or cyclic N) is 1. The highest BCUT2D eigenvalue weighted by Gasteiger charge is 2.32. The van der Waals surface area contributed by atoms with Crippen molar-refractivity contribution in [2.45, 2.75) is 52.9 Å². The monoisotopic (exact) mass is 477 g/mol. The second-order valence-electron chi connectivity index (χ2n) is 8.96. The van der Waals surface area contributed by atoms with Crippen molar-refractivity contribution in [1.29, 1.82) is 0 Å². The van der Waals surface area contributed by atoms with Gasteiger partial charge in [-0.1, -0.05) is 66.7 Å². The minimum Gasteiger partial charge on any atom is -0.507 e. The van der Waals surface area contributed by atoms with Crippen LogP contribution in [0.25, 0.3) is 0 Å². The molecule has 6 heteroatoms. The number of likely N-dealkylation sites (tertiary alicyclic amines) is 1. The zero-order chi connectivity index (χ0) is 25.4. The van der Waals surface area contributed by atoms with Crippen LogP contribution < -0.4 is 4.74 Å². The Morgan fingerprint density at radius 1 is 0.886 bits per heavy atom. The minimum absolute atomic E-state index is 0.212.